The summed E-state index contributed by atoms with van der Waals surface area (Å²) in [6.07, 6.45) is -3.34. The van der Waals surface area contributed by atoms with E-state index in [1.54, 1.807) is 0 Å². The van der Waals surface area contributed by atoms with Crippen molar-refractivity contribution >= 4 is 50.9 Å². The second kappa shape index (κ2) is 7.96. The Hall–Kier alpha value is -2.11. The number of benzene rings is 1. The van der Waals surface area contributed by atoms with E-state index in [1.165, 1.54) is 29.1 Å². The number of amides is 1. The number of nitrogens with one attached hydrogen (secondary N) is 1. The van der Waals surface area contributed by atoms with Crippen LogP contribution in [0.4, 0.5) is 23.4 Å². The second-order valence-corrected chi connectivity index (χ2v) is 7.45. The van der Waals surface area contributed by atoms with Gasteiger partial charge in [0.15, 0.2) is 17.2 Å². The van der Waals surface area contributed by atoms with E-state index in [2.05, 4.69) is 31.4 Å². The average Bonchev–Trinajstić information content (AvgIpc) is 3.09. The van der Waals surface area contributed by atoms with Crippen molar-refractivity contribution in [3.63, 3.8) is 0 Å². The Morgan fingerprint density at radius 1 is 1.28 bits per heavy atom. The number of halogens is 7. The van der Waals surface area contributed by atoms with E-state index in [4.69, 9.17) is 23.2 Å². The molecule has 29 heavy (non-hydrogen) atoms. The monoisotopic (exact) mass is 513 g/mol. The second-order valence-electron chi connectivity index (χ2n) is 5.81. The van der Waals surface area contributed by atoms with Crippen molar-refractivity contribution in [3.8, 4) is 0 Å². The molecule has 6 nitrogen and oxygen atoms in total. The summed E-state index contributed by atoms with van der Waals surface area (Å²) in [6.45, 7) is -0.0391. The molecule has 1 aromatic carbocycles. The molecular weight excluding hydrogens is 505 g/mol. The standard InChI is InChI=1S/C16H10BrCl2F4N5O/c1-27-13(16(21,22)23)11(19)12(25-27)15(29)24-14-8(17)6-28(26-14)5-7-9(18)3-2-4-10(7)20/h2-4,6H,5H2,1H3,(H,24,26,29). The van der Waals surface area contributed by atoms with Crippen LogP contribution < -0.4 is 5.32 Å². The predicted molar refractivity (Wildman–Crippen MR) is 102 cm³/mol. The van der Waals surface area contributed by atoms with Gasteiger partial charge in [-0.2, -0.15) is 23.4 Å². The Bertz CT molecular complexity index is 1080. The summed E-state index contributed by atoms with van der Waals surface area (Å²) in [5, 5.41) is 9.30. The van der Waals surface area contributed by atoms with Crippen LogP contribution in [-0.2, 0) is 19.8 Å². The maximum atomic E-state index is 13.9. The molecule has 1 amide bonds. The molecule has 0 atom stereocenters. The third-order valence-electron chi connectivity index (χ3n) is 3.80. The van der Waals surface area contributed by atoms with Crippen LogP contribution in [0.2, 0.25) is 10.0 Å². The highest BCUT2D eigenvalue weighted by molar-refractivity contribution is 9.10. The van der Waals surface area contributed by atoms with E-state index < -0.39 is 34.3 Å². The van der Waals surface area contributed by atoms with E-state index in [1.807, 2.05) is 0 Å². The lowest BCUT2D eigenvalue weighted by Crippen LogP contribution is -2.14. The maximum Gasteiger partial charge on any atom is 0.434 e. The first-order valence-corrected chi connectivity index (χ1v) is 9.30. The van der Waals surface area contributed by atoms with Crippen molar-refractivity contribution in [2.24, 2.45) is 7.05 Å². The van der Waals surface area contributed by atoms with Gasteiger partial charge >= 0.3 is 6.18 Å². The van der Waals surface area contributed by atoms with Crippen molar-refractivity contribution < 1.29 is 22.4 Å². The van der Waals surface area contributed by atoms with Gasteiger partial charge in [-0.15, -0.1) is 0 Å². The van der Waals surface area contributed by atoms with Crippen LogP contribution in [0.5, 0.6) is 0 Å². The number of aryl methyl sites for hydroxylation is 1. The summed E-state index contributed by atoms with van der Waals surface area (Å²) in [7, 11) is 1.02. The molecule has 0 aliphatic heterocycles. The van der Waals surface area contributed by atoms with Gasteiger partial charge in [0, 0.05) is 23.8 Å². The third kappa shape index (κ3) is 4.41. The Morgan fingerprint density at radius 2 is 1.97 bits per heavy atom. The number of hydrogen-bond donors (Lipinski definition) is 1. The minimum Gasteiger partial charge on any atom is -0.303 e. The number of nitrogens with zero attached hydrogens (tertiary/aromatic N) is 4. The normalized spacial score (nSPS) is 11.7. The Balaban J connectivity index is 1.84. The van der Waals surface area contributed by atoms with Gasteiger partial charge < -0.3 is 5.32 Å². The van der Waals surface area contributed by atoms with Crippen molar-refractivity contribution in [1.29, 1.82) is 0 Å². The van der Waals surface area contributed by atoms with Gasteiger partial charge in [-0.25, -0.2) is 4.39 Å². The van der Waals surface area contributed by atoms with Crippen molar-refractivity contribution in [2.75, 3.05) is 5.32 Å². The lowest BCUT2D eigenvalue weighted by Gasteiger charge is -2.06. The number of rotatable bonds is 4. The van der Waals surface area contributed by atoms with Gasteiger partial charge in [0.25, 0.3) is 5.91 Å². The van der Waals surface area contributed by atoms with Crippen LogP contribution >= 0.6 is 39.1 Å². The van der Waals surface area contributed by atoms with Crippen LogP contribution in [0.1, 0.15) is 21.7 Å². The smallest absolute Gasteiger partial charge is 0.303 e. The fraction of sp³-hybridized carbons (Fsp3) is 0.188. The molecule has 0 saturated heterocycles. The van der Waals surface area contributed by atoms with Gasteiger partial charge in [-0.1, -0.05) is 29.3 Å². The van der Waals surface area contributed by atoms with E-state index in [9.17, 15) is 22.4 Å². The van der Waals surface area contributed by atoms with Crippen molar-refractivity contribution in [2.45, 2.75) is 12.7 Å². The van der Waals surface area contributed by atoms with Crippen LogP contribution in [0, 0.1) is 5.82 Å². The maximum absolute atomic E-state index is 13.9. The molecule has 0 aliphatic rings. The first kappa shape index (κ1) is 21.6. The van der Waals surface area contributed by atoms with Crippen LogP contribution in [0.25, 0.3) is 0 Å². The SMILES string of the molecule is Cn1nc(C(=O)Nc2nn(Cc3c(F)cccc3Cl)cc2Br)c(Cl)c1C(F)(F)F. The van der Waals surface area contributed by atoms with E-state index >= 15 is 0 Å². The van der Waals surface area contributed by atoms with Crippen molar-refractivity contribution in [3.05, 3.63) is 61.7 Å². The van der Waals surface area contributed by atoms with Crippen LogP contribution in [-0.4, -0.2) is 25.5 Å². The van der Waals surface area contributed by atoms with Gasteiger partial charge in [0.2, 0.25) is 0 Å². The van der Waals surface area contributed by atoms with Crippen molar-refractivity contribution in [1.82, 2.24) is 19.6 Å². The number of alkyl halides is 3. The van der Waals surface area contributed by atoms with Gasteiger partial charge in [0.05, 0.1) is 11.0 Å². The summed E-state index contributed by atoms with van der Waals surface area (Å²) >= 11 is 14.9. The molecular formula is C16H10BrCl2F4N5O. The lowest BCUT2D eigenvalue weighted by atomic mass is 10.2. The quantitative estimate of drug-likeness (QED) is 0.490. The zero-order valence-corrected chi connectivity index (χ0v) is 17.5. The molecule has 3 rings (SSSR count). The molecule has 0 saturated carbocycles. The molecule has 0 spiro atoms. The number of hydrogen-bond acceptors (Lipinski definition) is 3. The number of carbonyl (C=O) groups is 1. The first-order valence-electron chi connectivity index (χ1n) is 7.76. The fourth-order valence-electron chi connectivity index (χ4n) is 2.53. The number of aromatic nitrogens is 4. The molecule has 2 aromatic heterocycles. The molecule has 1 N–H and O–H groups in total. The highest BCUT2D eigenvalue weighted by atomic mass is 79.9. The van der Waals surface area contributed by atoms with Crippen LogP contribution in [0.3, 0.4) is 0 Å². The van der Waals surface area contributed by atoms with Gasteiger partial charge in [-0.3, -0.25) is 14.2 Å². The molecule has 2 heterocycles. The zero-order chi connectivity index (χ0) is 21.5. The summed E-state index contributed by atoms with van der Waals surface area (Å²) in [5.41, 5.74) is -1.67. The molecule has 3 aromatic rings. The number of anilines is 1. The predicted octanol–water partition coefficient (Wildman–Crippen LogP) is 5.14. The summed E-state index contributed by atoms with van der Waals surface area (Å²) in [6, 6.07) is 4.21. The largest absolute Gasteiger partial charge is 0.434 e. The topological polar surface area (TPSA) is 64.7 Å². The summed E-state index contributed by atoms with van der Waals surface area (Å²) < 4.78 is 55.0. The van der Waals surface area contributed by atoms with Crippen LogP contribution in [0.15, 0.2) is 28.9 Å². The first-order chi connectivity index (χ1) is 13.5. The molecule has 154 valence electrons. The molecule has 0 aliphatic carbocycles. The zero-order valence-electron chi connectivity index (χ0n) is 14.4. The fourth-order valence-corrected chi connectivity index (χ4v) is 3.52. The van der Waals surface area contributed by atoms with E-state index in [0.717, 1.165) is 7.05 Å². The van der Waals surface area contributed by atoms with E-state index in [-0.39, 0.29) is 22.9 Å². The highest BCUT2D eigenvalue weighted by Crippen LogP contribution is 2.36. The average molecular weight is 515 g/mol. The molecule has 0 radical (unpaired) electrons. The Morgan fingerprint density at radius 3 is 2.55 bits per heavy atom. The minimum atomic E-state index is -4.78. The minimum absolute atomic E-state index is 0.0160. The summed E-state index contributed by atoms with van der Waals surface area (Å²) in [5.74, 6) is -1.54. The van der Waals surface area contributed by atoms with E-state index in [0.29, 0.717) is 9.15 Å². The van der Waals surface area contributed by atoms with Gasteiger partial charge in [0.1, 0.15) is 10.8 Å². The molecule has 0 unspecified atom stereocenters. The molecule has 13 heteroatoms. The molecule has 0 bridgehead atoms. The highest BCUT2D eigenvalue weighted by Gasteiger charge is 2.40. The number of carbonyl (C=O) groups excluding carboxylic acids is 1. The third-order valence-corrected chi connectivity index (χ3v) is 5.10. The Kier molecular flexibility index (Phi) is 5.93. The van der Waals surface area contributed by atoms with Gasteiger partial charge in [-0.05, 0) is 28.1 Å². The summed E-state index contributed by atoms with van der Waals surface area (Å²) in [4.78, 5) is 12.4. The Labute approximate surface area is 179 Å². The lowest BCUT2D eigenvalue weighted by molar-refractivity contribution is -0.143. The molecule has 0 fully saturated rings.